The number of carbonyl (C=O) groups is 1. The highest BCUT2D eigenvalue weighted by molar-refractivity contribution is 6.37. The Balaban J connectivity index is 1.94. The number of benzene rings is 1. The number of nitrogens with zero attached hydrogens (tertiary/aromatic N) is 6. The quantitative estimate of drug-likeness (QED) is 0.115. The van der Waals surface area contributed by atoms with Crippen molar-refractivity contribution in [3.05, 3.63) is 85.7 Å². The molecule has 1 aliphatic rings. The van der Waals surface area contributed by atoms with Crippen molar-refractivity contribution in [3.8, 4) is 23.0 Å². The van der Waals surface area contributed by atoms with E-state index in [9.17, 15) is 28.0 Å². The number of amides is 1. The third-order valence-electron chi connectivity index (χ3n) is 8.05. The van der Waals surface area contributed by atoms with Gasteiger partial charge in [-0.15, -0.1) is 0 Å². The minimum Gasteiger partial charge on any atom is -0.396 e. The van der Waals surface area contributed by atoms with E-state index in [0.29, 0.717) is 16.9 Å². The number of carbonyl (C=O) groups excluding carboxylic acids is 1. The molecule has 1 saturated heterocycles. The number of anilines is 2. The van der Waals surface area contributed by atoms with E-state index < -0.39 is 39.3 Å². The number of aromatic nitrogens is 3. The maximum Gasteiger partial charge on any atom is 0.276 e. The maximum atomic E-state index is 14.7. The zero-order valence-corrected chi connectivity index (χ0v) is 26.8. The first-order chi connectivity index (χ1) is 21.7. The summed E-state index contributed by atoms with van der Waals surface area (Å²) in [6.45, 7) is 11.6. The summed E-state index contributed by atoms with van der Waals surface area (Å²) in [5, 5.41) is 9.62. The fraction of sp³-hybridized carbons (Fsp3) is 0.281. The van der Waals surface area contributed by atoms with Gasteiger partial charge in [0, 0.05) is 42.8 Å². The van der Waals surface area contributed by atoms with Gasteiger partial charge in [-0.05, 0) is 43.5 Å². The van der Waals surface area contributed by atoms with Crippen molar-refractivity contribution in [3.63, 3.8) is 0 Å². The van der Waals surface area contributed by atoms with Crippen molar-refractivity contribution in [1.82, 2.24) is 19.4 Å². The van der Waals surface area contributed by atoms with E-state index in [1.165, 1.54) is 16.7 Å². The summed E-state index contributed by atoms with van der Waals surface area (Å²) in [5.41, 5.74) is 4.92. The standard InChI is InChI=1S/C32H28Cl2F3N7O2/c1-6-20(45)43-10-9-42(13-16(43)5)30-17-11-19(33)28(21-22(34)23(35)24(36)25(37)26(21)39)41-31(17)44(32(46)18(30)12-38)29-15(4)7-8-40-27(29)14(2)3/h6-8,11,14,16H,1,9-10,13,39H2,2-5H3/t16-/m1/s1. The Labute approximate surface area is 272 Å². The van der Waals surface area contributed by atoms with Gasteiger partial charge in [-0.2, -0.15) is 5.26 Å². The number of nitriles is 1. The van der Waals surface area contributed by atoms with E-state index in [4.69, 9.17) is 28.9 Å². The van der Waals surface area contributed by atoms with Crippen LogP contribution in [-0.4, -0.2) is 51.0 Å². The number of pyridine rings is 3. The predicted molar refractivity (Wildman–Crippen MR) is 172 cm³/mol. The number of aryl methyl sites for hydroxylation is 1. The molecule has 0 radical (unpaired) electrons. The Morgan fingerprint density at radius 3 is 2.50 bits per heavy atom. The molecular formula is C32H28Cl2F3N7O2. The molecule has 1 atom stereocenters. The molecule has 0 bridgehead atoms. The lowest BCUT2D eigenvalue weighted by molar-refractivity contribution is -0.128. The number of fused-ring (bicyclic) bond motifs is 1. The molecule has 0 aliphatic carbocycles. The Morgan fingerprint density at radius 2 is 1.89 bits per heavy atom. The van der Waals surface area contributed by atoms with Crippen molar-refractivity contribution in [1.29, 1.82) is 5.26 Å². The van der Waals surface area contributed by atoms with E-state index in [1.807, 2.05) is 20.8 Å². The van der Waals surface area contributed by atoms with Crippen LogP contribution in [0.3, 0.4) is 0 Å². The van der Waals surface area contributed by atoms with Crippen LogP contribution in [0.5, 0.6) is 0 Å². The lowest BCUT2D eigenvalue weighted by Crippen LogP contribution is -2.54. The smallest absolute Gasteiger partial charge is 0.276 e. The predicted octanol–water partition coefficient (Wildman–Crippen LogP) is 6.28. The van der Waals surface area contributed by atoms with Crippen molar-refractivity contribution in [2.24, 2.45) is 0 Å². The van der Waals surface area contributed by atoms with E-state index >= 15 is 0 Å². The number of hydrogen-bond acceptors (Lipinski definition) is 7. The Bertz CT molecular complexity index is 2030. The summed E-state index contributed by atoms with van der Waals surface area (Å²) >= 11 is 12.9. The number of halogens is 5. The molecule has 0 spiro atoms. The fourth-order valence-electron chi connectivity index (χ4n) is 5.85. The van der Waals surface area contributed by atoms with Gasteiger partial charge in [-0.3, -0.25) is 19.1 Å². The van der Waals surface area contributed by atoms with Gasteiger partial charge >= 0.3 is 0 Å². The molecule has 46 heavy (non-hydrogen) atoms. The third kappa shape index (κ3) is 5.13. The molecule has 14 heteroatoms. The average molecular weight is 671 g/mol. The normalized spacial score (nSPS) is 15.0. The van der Waals surface area contributed by atoms with E-state index in [0.717, 1.165) is 0 Å². The van der Waals surface area contributed by atoms with Gasteiger partial charge in [-0.1, -0.05) is 43.6 Å². The Hall–Kier alpha value is -4.60. The summed E-state index contributed by atoms with van der Waals surface area (Å²) in [4.78, 5) is 39.4. The van der Waals surface area contributed by atoms with Crippen molar-refractivity contribution < 1.29 is 18.0 Å². The number of nitrogens with two attached hydrogens (primary N) is 1. The van der Waals surface area contributed by atoms with Crippen LogP contribution in [0.15, 0.2) is 35.8 Å². The first-order valence-corrected chi connectivity index (χ1v) is 15.0. The fourth-order valence-corrected chi connectivity index (χ4v) is 6.37. The molecule has 1 fully saturated rings. The summed E-state index contributed by atoms with van der Waals surface area (Å²) in [7, 11) is 0. The minimum absolute atomic E-state index is 0.0470. The second-order valence-electron chi connectivity index (χ2n) is 11.3. The van der Waals surface area contributed by atoms with E-state index in [1.54, 1.807) is 29.0 Å². The molecule has 4 aromatic rings. The second-order valence-corrected chi connectivity index (χ2v) is 12.0. The molecule has 0 unspecified atom stereocenters. The highest BCUT2D eigenvalue weighted by Crippen LogP contribution is 2.43. The van der Waals surface area contributed by atoms with Crippen LogP contribution in [-0.2, 0) is 4.79 Å². The minimum atomic E-state index is -1.86. The van der Waals surface area contributed by atoms with Crippen LogP contribution in [0.2, 0.25) is 10.0 Å². The van der Waals surface area contributed by atoms with Crippen molar-refractivity contribution >= 4 is 51.5 Å². The van der Waals surface area contributed by atoms with E-state index in [2.05, 4.69) is 22.6 Å². The number of piperazine rings is 1. The lowest BCUT2D eigenvalue weighted by atomic mass is 10.0. The first kappa shape index (κ1) is 32.8. The monoisotopic (exact) mass is 669 g/mol. The number of nitrogen functional groups attached to an aromatic ring is 1. The van der Waals surface area contributed by atoms with E-state index in [-0.39, 0.29) is 70.5 Å². The molecule has 1 amide bonds. The van der Waals surface area contributed by atoms with Gasteiger partial charge < -0.3 is 15.5 Å². The SMILES string of the molecule is C=CC(=O)N1CCN(c2c(C#N)c(=O)n(-c3c(C)ccnc3C(C)C)c3nc(-c4c(N)c(F)c(F)c(F)c4Cl)c(Cl)cc23)C[C@H]1C. The van der Waals surface area contributed by atoms with Gasteiger partial charge in [0.1, 0.15) is 17.3 Å². The van der Waals surface area contributed by atoms with Crippen LogP contribution in [0, 0.1) is 35.7 Å². The Morgan fingerprint density at radius 1 is 1.20 bits per heavy atom. The summed E-state index contributed by atoms with van der Waals surface area (Å²) in [5.74, 6) is -5.68. The summed E-state index contributed by atoms with van der Waals surface area (Å²) in [6.07, 6.45) is 2.81. The Kier molecular flexibility index (Phi) is 8.77. The topological polar surface area (TPSA) is 121 Å². The molecule has 3 aromatic heterocycles. The highest BCUT2D eigenvalue weighted by atomic mass is 35.5. The molecule has 5 rings (SSSR count). The van der Waals surface area contributed by atoms with Crippen LogP contribution in [0.4, 0.5) is 24.5 Å². The van der Waals surface area contributed by atoms with Crippen LogP contribution in [0.1, 0.15) is 43.5 Å². The molecule has 2 N–H and O–H groups in total. The summed E-state index contributed by atoms with van der Waals surface area (Å²) in [6, 6.07) is 4.80. The lowest BCUT2D eigenvalue weighted by Gasteiger charge is -2.41. The van der Waals surface area contributed by atoms with Gasteiger partial charge in [0.25, 0.3) is 5.56 Å². The van der Waals surface area contributed by atoms with Crippen LogP contribution >= 0.6 is 23.2 Å². The third-order valence-corrected chi connectivity index (χ3v) is 8.70. The average Bonchev–Trinajstić information content (AvgIpc) is 3.02. The number of rotatable bonds is 5. The van der Waals surface area contributed by atoms with Crippen molar-refractivity contribution in [2.75, 3.05) is 30.3 Å². The van der Waals surface area contributed by atoms with Gasteiger partial charge in [0.2, 0.25) is 5.91 Å². The first-order valence-electron chi connectivity index (χ1n) is 14.2. The zero-order chi connectivity index (χ0) is 33.8. The summed E-state index contributed by atoms with van der Waals surface area (Å²) < 4.78 is 44.8. The van der Waals surface area contributed by atoms with Crippen LogP contribution < -0.4 is 16.2 Å². The van der Waals surface area contributed by atoms with Gasteiger partial charge in [0.15, 0.2) is 17.5 Å². The van der Waals surface area contributed by atoms with Gasteiger partial charge in [0.05, 0.1) is 38.5 Å². The molecular weight excluding hydrogens is 642 g/mol. The zero-order valence-electron chi connectivity index (χ0n) is 25.3. The largest absolute Gasteiger partial charge is 0.396 e. The van der Waals surface area contributed by atoms with Crippen molar-refractivity contribution in [2.45, 2.75) is 39.7 Å². The molecule has 0 saturated carbocycles. The molecule has 4 heterocycles. The van der Waals surface area contributed by atoms with Crippen LogP contribution in [0.25, 0.3) is 28.0 Å². The molecule has 1 aliphatic heterocycles. The molecule has 1 aromatic carbocycles. The maximum absolute atomic E-state index is 14.7. The molecule has 238 valence electrons. The number of hydrogen-bond donors (Lipinski definition) is 1. The molecule has 9 nitrogen and oxygen atoms in total. The van der Waals surface area contributed by atoms with Gasteiger partial charge in [-0.25, -0.2) is 18.2 Å². The highest BCUT2D eigenvalue weighted by Gasteiger charge is 2.33. The second kappa shape index (κ2) is 12.3.